The molecule has 0 bridgehead atoms. The molecule has 2 aromatic rings. The lowest BCUT2D eigenvalue weighted by molar-refractivity contribution is -0.137. The third kappa shape index (κ3) is 3.19. The molecule has 0 radical (unpaired) electrons. The Bertz CT molecular complexity index is 807. The van der Waals surface area contributed by atoms with Gasteiger partial charge in [0.15, 0.2) is 0 Å². The molecule has 24 heavy (non-hydrogen) atoms. The van der Waals surface area contributed by atoms with Crippen molar-refractivity contribution in [2.75, 3.05) is 6.54 Å². The first-order chi connectivity index (χ1) is 11.5. The molecule has 2 heterocycles. The molecule has 1 aliphatic rings. The van der Waals surface area contributed by atoms with Gasteiger partial charge in [-0.15, -0.1) is 0 Å². The largest absolute Gasteiger partial charge is 0.336 e. The molecule has 1 fully saturated rings. The van der Waals surface area contributed by atoms with Gasteiger partial charge in [-0.2, -0.15) is 5.10 Å². The van der Waals surface area contributed by atoms with Crippen molar-refractivity contribution in [2.45, 2.75) is 31.8 Å². The van der Waals surface area contributed by atoms with Crippen LogP contribution in [0.3, 0.4) is 0 Å². The molecule has 0 saturated carbocycles. The van der Waals surface area contributed by atoms with Gasteiger partial charge in [0.1, 0.15) is 5.02 Å². The van der Waals surface area contributed by atoms with Crippen LogP contribution < -0.4 is 5.56 Å². The van der Waals surface area contributed by atoms with E-state index in [1.165, 1.54) is 10.9 Å². The Labute approximate surface area is 149 Å². The van der Waals surface area contributed by atoms with Gasteiger partial charge >= 0.3 is 0 Å². The molecule has 5 nitrogen and oxygen atoms in total. The number of hydrogen-bond acceptors (Lipinski definition) is 3. The van der Waals surface area contributed by atoms with Gasteiger partial charge in [-0.05, 0) is 18.9 Å². The summed E-state index contributed by atoms with van der Waals surface area (Å²) in [6.07, 6.45) is 2.21. The van der Waals surface area contributed by atoms with Crippen molar-refractivity contribution in [3.63, 3.8) is 0 Å². The quantitative estimate of drug-likeness (QED) is 0.836. The van der Waals surface area contributed by atoms with Crippen LogP contribution in [0.4, 0.5) is 0 Å². The monoisotopic (exact) mass is 365 g/mol. The van der Waals surface area contributed by atoms with Crippen molar-refractivity contribution < 1.29 is 4.79 Å². The van der Waals surface area contributed by atoms with E-state index in [4.69, 9.17) is 23.2 Å². The molecule has 2 unspecified atom stereocenters. The minimum atomic E-state index is -0.452. The Kier molecular flexibility index (Phi) is 4.92. The van der Waals surface area contributed by atoms with E-state index >= 15 is 0 Å². The predicted octanol–water partition coefficient (Wildman–Crippen LogP) is 3.47. The van der Waals surface area contributed by atoms with Crippen LogP contribution >= 0.6 is 23.2 Å². The van der Waals surface area contributed by atoms with Gasteiger partial charge in [0.2, 0.25) is 5.91 Å². The van der Waals surface area contributed by atoms with E-state index in [0.29, 0.717) is 13.0 Å². The Balaban J connectivity index is 1.78. The molecule has 1 aromatic heterocycles. The summed E-state index contributed by atoms with van der Waals surface area (Å²) < 4.78 is 1.27. The zero-order valence-electron chi connectivity index (χ0n) is 13.2. The second-order valence-electron chi connectivity index (χ2n) is 5.88. The fourth-order valence-corrected chi connectivity index (χ4v) is 3.31. The van der Waals surface area contributed by atoms with Crippen molar-refractivity contribution in [3.8, 4) is 0 Å². The summed E-state index contributed by atoms with van der Waals surface area (Å²) in [5.74, 6) is 0.00220. The van der Waals surface area contributed by atoms with E-state index < -0.39 is 5.56 Å². The number of hydrogen-bond donors (Lipinski definition) is 0. The molecular formula is C17H17Cl2N3O2. The van der Waals surface area contributed by atoms with Crippen molar-refractivity contribution in [3.05, 3.63) is 62.5 Å². The van der Waals surface area contributed by atoms with E-state index in [2.05, 4.69) is 5.10 Å². The number of amides is 1. The zero-order chi connectivity index (χ0) is 17.3. The summed E-state index contributed by atoms with van der Waals surface area (Å²) in [5, 5.41) is 4.11. The van der Waals surface area contributed by atoms with Crippen LogP contribution in [0.15, 0.2) is 41.3 Å². The maximum Gasteiger partial charge on any atom is 0.287 e. The summed E-state index contributed by atoms with van der Waals surface area (Å²) in [4.78, 5) is 26.6. The topological polar surface area (TPSA) is 55.2 Å². The van der Waals surface area contributed by atoms with Gasteiger partial charge in [-0.25, -0.2) is 4.68 Å². The van der Waals surface area contributed by atoms with Crippen LogP contribution in [0.2, 0.25) is 10.0 Å². The van der Waals surface area contributed by atoms with E-state index in [0.717, 1.165) is 5.56 Å². The van der Waals surface area contributed by atoms with Gasteiger partial charge in [0.05, 0.1) is 23.3 Å². The number of rotatable bonds is 3. The number of benzene rings is 1. The van der Waals surface area contributed by atoms with Gasteiger partial charge in [0, 0.05) is 13.0 Å². The molecule has 7 heteroatoms. The third-order valence-corrected chi connectivity index (χ3v) is 5.18. The number of carbonyl (C=O) groups excluding carboxylic acids is 1. The molecule has 126 valence electrons. The smallest absolute Gasteiger partial charge is 0.287 e. The number of nitrogens with zero attached hydrogens (tertiary/aromatic N) is 3. The van der Waals surface area contributed by atoms with Gasteiger partial charge in [-0.3, -0.25) is 9.59 Å². The Morgan fingerprint density at radius 3 is 2.58 bits per heavy atom. The van der Waals surface area contributed by atoms with E-state index in [9.17, 15) is 9.59 Å². The van der Waals surface area contributed by atoms with Crippen LogP contribution in [0, 0.1) is 0 Å². The highest BCUT2D eigenvalue weighted by molar-refractivity contribution is 6.41. The average molecular weight is 366 g/mol. The molecule has 0 N–H and O–H groups in total. The van der Waals surface area contributed by atoms with Crippen molar-refractivity contribution in [1.82, 2.24) is 14.7 Å². The van der Waals surface area contributed by atoms with Crippen LogP contribution in [-0.2, 0) is 4.79 Å². The summed E-state index contributed by atoms with van der Waals surface area (Å²) >= 11 is 11.7. The number of halogens is 2. The van der Waals surface area contributed by atoms with Gasteiger partial charge < -0.3 is 4.90 Å². The first-order valence-corrected chi connectivity index (χ1v) is 8.52. The highest BCUT2D eigenvalue weighted by Crippen LogP contribution is 2.29. The second-order valence-corrected chi connectivity index (χ2v) is 6.66. The first-order valence-electron chi connectivity index (χ1n) is 7.76. The Morgan fingerprint density at radius 2 is 1.92 bits per heavy atom. The third-order valence-electron chi connectivity index (χ3n) is 4.43. The second kappa shape index (κ2) is 6.95. The van der Waals surface area contributed by atoms with Crippen LogP contribution in [0.25, 0.3) is 0 Å². The van der Waals surface area contributed by atoms with Crippen LogP contribution in [0.5, 0.6) is 0 Å². The number of piperidine rings is 1. The van der Waals surface area contributed by atoms with Gasteiger partial charge in [0.25, 0.3) is 5.56 Å². The van der Waals surface area contributed by atoms with Crippen molar-refractivity contribution in [1.29, 1.82) is 0 Å². The molecule has 2 atom stereocenters. The summed E-state index contributed by atoms with van der Waals surface area (Å²) in [6, 6.07) is 9.60. The lowest BCUT2D eigenvalue weighted by Gasteiger charge is -2.36. The van der Waals surface area contributed by atoms with Crippen LogP contribution in [-0.4, -0.2) is 27.1 Å². The maximum absolute atomic E-state index is 12.6. The Hall–Kier alpha value is -1.85. The first kappa shape index (κ1) is 17.0. The highest BCUT2D eigenvalue weighted by Gasteiger charge is 2.31. The lowest BCUT2D eigenvalue weighted by Crippen LogP contribution is -2.43. The van der Waals surface area contributed by atoms with Crippen LogP contribution in [0.1, 0.15) is 37.4 Å². The average Bonchev–Trinajstić information content (AvgIpc) is 2.60. The fourth-order valence-electron chi connectivity index (χ4n) is 3.05. The molecule has 1 aliphatic heterocycles. The lowest BCUT2D eigenvalue weighted by atomic mass is 9.99. The minimum Gasteiger partial charge on any atom is -0.336 e. The predicted molar refractivity (Wildman–Crippen MR) is 93.4 cm³/mol. The highest BCUT2D eigenvalue weighted by atomic mass is 35.5. The minimum absolute atomic E-state index is 0.00173. The zero-order valence-corrected chi connectivity index (χ0v) is 14.7. The van der Waals surface area contributed by atoms with Gasteiger partial charge in [-0.1, -0.05) is 53.5 Å². The molecule has 1 aromatic carbocycles. The Morgan fingerprint density at radius 1 is 1.21 bits per heavy atom. The number of carbonyl (C=O) groups is 1. The standard InChI is InChI=1S/C17H17Cl2N3O2/c1-11(12-5-3-2-4-6-12)21-8-7-13(9-15(21)23)22-17(24)16(19)14(18)10-20-22/h2-6,10-11,13H,7-9H2,1H3. The molecular weight excluding hydrogens is 349 g/mol. The van der Waals surface area contributed by atoms with Crippen molar-refractivity contribution >= 4 is 29.1 Å². The SMILES string of the molecule is CC(c1ccccc1)N1CCC(n2ncc(Cl)c(Cl)c2=O)CC1=O. The normalized spacial score (nSPS) is 19.4. The van der Waals surface area contributed by atoms with E-state index in [1.807, 2.05) is 42.2 Å². The van der Waals surface area contributed by atoms with Crippen molar-refractivity contribution in [2.24, 2.45) is 0 Å². The summed E-state index contributed by atoms with van der Waals surface area (Å²) in [7, 11) is 0. The molecule has 1 saturated heterocycles. The number of aromatic nitrogens is 2. The fraction of sp³-hybridized carbons (Fsp3) is 0.353. The number of likely N-dealkylation sites (tertiary alicyclic amines) is 1. The van der Waals surface area contributed by atoms with E-state index in [-0.39, 0.29) is 34.5 Å². The van der Waals surface area contributed by atoms with E-state index in [1.54, 1.807) is 0 Å². The molecule has 0 aliphatic carbocycles. The molecule has 0 spiro atoms. The maximum atomic E-state index is 12.6. The summed E-state index contributed by atoms with van der Waals surface area (Å²) in [5.41, 5.74) is 0.639. The molecule has 3 rings (SSSR count). The summed E-state index contributed by atoms with van der Waals surface area (Å²) in [6.45, 7) is 2.57. The molecule has 1 amide bonds.